The van der Waals surface area contributed by atoms with Gasteiger partial charge in [-0.2, -0.15) is 4.57 Å². The molecule has 0 spiro atoms. The van der Waals surface area contributed by atoms with E-state index in [4.69, 9.17) is 4.42 Å². The number of benzene rings is 1. The predicted molar refractivity (Wildman–Crippen MR) is 108 cm³/mol. The van der Waals surface area contributed by atoms with Gasteiger partial charge in [0.1, 0.15) is 23.0 Å². The van der Waals surface area contributed by atoms with Crippen LogP contribution in [0.1, 0.15) is 11.6 Å². The third-order valence-electron chi connectivity index (χ3n) is 4.52. The zero-order chi connectivity index (χ0) is 18.8. The van der Waals surface area contributed by atoms with Crippen molar-refractivity contribution in [3.63, 3.8) is 0 Å². The van der Waals surface area contributed by atoms with Gasteiger partial charge in [0.05, 0.1) is 6.26 Å². The van der Waals surface area contributed by atoms with Crippen LogP contribution in [0, 0.1) is 0 Å². The number of nitrogens with zero attached hydrogens (tertiary/aromatic N) is 4. The Bertz CT molecular complexity index is 1160. The molecule has 1 aromatic carbocycles. The molecule has 0 aliphatic heterocycles. The molecule has 0 radical (unpaired) electrons. The van der Waals surface area contributed by atoms with Crippen molar-refractivity contribution >= 4 is 23.2 Å². The Balaban J connectivity index is 1.85. The summed E-state index contributed by atoms with van der Waals surface area (Å²) in [6.45, 7) is 0. The van der Waals surface area contributed by atoms with Crippen LogP contribution in [-0.2, 0) is 0 Å². The third kappa shape index (κ3) is 2.79. The summed E-state index contributed by atoms with van der Waals surface area (Å²) in [5.74, 6) is 3.39. The molecule has 4 heterocycles. The lowest BCUT2D eigenvalue weighted by molar-refractivity contribution is -0.574. The van der Waals surface area contributed by atoms with E-state index in [1.54, 1.807) is 18.7 Å². The van der Waals surface area contributed by atoms with Crippen molar-refractivity contribution in [2.45, 2.75) is 0 Å². The van der Waals surface area contributed by atoms with Crippen molar-refractivity contribution in [1.29, 1.82) is 0 Å². The Morgan fingerprint density at radius 3 is 2.36 bits per heavy atom. The number of hydrogen-bond acceptors (Lipinski definition) is 3. The van der Waals surface area contributed by atoms with E-state index in [2.05, 4.69) is 31.2 Å². The summed E-state index contributed by atoms with van der Waals surface area (Å²) in [4.78, 5) is 9.17. The van der Waals surface area contributed by atoms with Crippen molar-refractivity contribution in [3.8, 4) is 11.6 Å². The molecule has 5 aromatic rings. The van der Waals surface area contributed by atoms with E-state index in [-0.39, 0.29) is 0 Å². The quantitative estimate of drug-likeness (QED) is 0.442. The van der Waals surface area contributed by atoms with Gasteiger partial charge in [0.2, 0.25) is 5.82 Å². The maximum Gasteiger partial charge on any atom is 0.267 e. The van der Waals surface area contributed by atoms with Crippen LogP contribution in [0.2, 0.25) is 0 Å². The smallest absolute Gasteiger partial charge is 0.267 e. The van der Waals surface area contributed by atoms with Crippen molar-refractivity contribution in [1.82, 2.24) is 14.5 Å². The Hall–Kier alpha value is -3.99. The Morgan fingerprint density at radius 1 is 0.786 bits per heavy atom. The number of furan rings is 1. The van der Waals surface area contributed by atoms with Crippen LogP contribution in [0.15, 0.2) is 95.9 Å². The highest BCUT2D eigenvalue weighted by atomic mass is 16.3. The van der Waals surface area contributed by atoms with E-state index in [0.717, 1.165) is 34.3 Å². The first kappa shape index (κ1) is 16.2. The monoisotopic (exact) mass is 365 g/mol. The normalized spacial score (nSPS) is 11.4. The standard InChI is InChI=1S/C23H17N4O/c1-2-10-20-19(9-1)26(21-11-3-5-15-24-21)23(14-13-18-8-7-17-28-18)27(20)22-12-4-6-16-25-22/h1-17H/q+1/b14-13+. The summed E-state index contributed by atoms with van der Waals surface area (Å²) in [5.41, 5.74) is 2.09. The van der Waals surface area contributed by atoms with Crippen LogP contribution in [0.3, 0.4) is 0 Å². The van der Waals surface area contributed by atoms with E-state index < -0.39 is 0 Å². The number of hydrogen-bond donors (Lipinski definition) is 0. The number of imidazole rings is 1. The summed E-state index contributed by atoms with van der Waals surface area (Å²) >= 11 is 0. The van der Waals surface area contributed by atoms with Gasteiger partial charge in [-0.1, -0.05) is 24.3 Å². The summed E-state index contributed by atoms with van der Waals surface area (Å²) < 4.78 is 9.74. The second kappa shape index (κ2) is 6.96. The highest BCUT2D eigenvalue weighted by Gasteiger charge is 2.24. The SMILES string of the molecule is C(=C\c1n(-c2ccccn2)c2ccccc2[n+]1-c1ccccn1)/c1ccco1. The molecule has 28 heavy (non-hydrogen) atoms. The zero-order valence-electron chi connectivity index (χ0n) is 15.0. The number of fused-ring (bicyclic) bond motifs is 1. The zero-order valence-corrected chi connectivity index (χ0v) is 15.0. The van der Waals surface area contributed by atoms with Gasteiger partial charge in [-0.15, -0.1) is 4.98 Å². The predicted octanol–water partition coefficient (Wildman–Crippen LogP) is 4.46. The number of aromatic nitrogens is 4. The largest absolute Gasteiger partial charge is 0.465 e. The number of rotatable bonds is 4. The topological polar surface area (TPSA) is 47.7 Å². The fourth-order valence-corrected chi connectivity index (χ4v) is 3.33. The highest BCUT2D eigenvalue weighted by Crippen LogP contribution is 2.22. The molecule has 0 atom stereocenters. The van der Waals surface area contributed by atoms with Crippen LogP contribution in [0.4, 0.5) is 0 Å². The molecule has 0 saturated carbocycles. The van der Waals surface area contributed by atoms with Crippen LogP contribution >= 0.6 is 0 Å². The lowest BCUT2D eigenvalue weighted by Crippen LogP contribution is -2.34. The summed E-state index contributed by atoms with van der Waals surface area (Å²) in [6.07, 6.45) is 9.25. The molecule has 0 fully saturated rings. The first-order chi connectivity index (χ1) is 13.9. The molecule has 5 nitrogen and oxygen atoms in total. The second-order valence-electron chi connectivity index (χ2n) is 6.24. The van der Waals surface area contributed by atoms with Gasteiger partial charge in [-0.25, -0.2) is 9.55 Å². The first-order valence-corrected chi connectivity index (χ1v) is 9.02. The maximum absolute atomic E-state index is 5.48. The summed E-state index contributed by atoms with van der Waals surface area (Å²) in [5, 5.41) is 0. The molecule has 134 valence electrons. The van der Waals surface area contributed by atoms with E-state index in [1.165, 1.54) is 0 Å². The van der Waals surface area contributed by atoms with Gasteiger partial charge >= 0.3 is 0 Å². The van der Waals surface area contributed by atoms with Crippen LogP contribution in [0.5, 0.6) is 0 Å². The van der Waals surface area contributed by atoms with Crippen LogP contribution < -0.4 is 4.57 Å². The second-order valence-corrected chi connectivity index (χ2v) is 6.24. The average Bonchev–Trinajstić information content (AvgIpc) is 3.39. The van der Waals surface area contributed by atoms with E-state index in [1.807, 2.05) is 72.8 Å². The number of para-hydroxylation sites is 2. The van der Waals surface area contributed by atoms with Crippen molar-refractivity contribution in [2.24, 2.45) is 0 Å². The van der Waals surface area contributed by atoms with E-state index >= 15 is 0 Å². The molecule has 4 aromatic heterocycles. The fourth-order valence-electron chi connectivity index (χ4n) is 3.33. The average molecular weight is 365 g/mol. The van der Waals surface area contributed by atoms with Crippen LogP contribution in [-0.4, -0.2) is 14.5 Å². The first-order valence-electron chi connectivity index (χ1n) is 9.02. The minimum absolute atomic E-state index is 0.783. The molecular weight excluding hydrogens is 348 g/mol. The molecular formula is C23H17N4O+. The summed E-state index contributed by atoms with van der Waals surface area (Å²) in [6, 6.07) is 23.9. The van der Waals surface area contributed by atoms with E-state index in [0.29, 0.717) is 0 Å². The lowest BCUT2D eigenvalue weighted by atomic mass is 10.3. The van der Waals surface area contributed by atoms with Gasteiger partial charge in [0, 0.05) is 18.3 Å². The molecule has 0 N–H and O–H groups in total. The Labute approximate surface area is 161 Å². The Morgan fingerprint density at radius 2 is 1.61 bits per heavy atom. The number of pyridine rings is 2. The fraction of sp³-hybridized carbons (Fsp3) is 0. The molecule has 0 aliphatic rings. The minimum Gasteiger partial charge on any atom is -0.465 e. The molecule has 0 saturated heterocycles. The van der Waals surface area contributed by atoms with Gasteiger partial charge in [-0.05, 0) is 48.5 Å². The van der Waals surface area contributed by atoms with Gasteiger partial charge in [-0.3, -0.25) is 0 Å². The highest BCUT2D eigenvalue weighted by molar-refractivity contribution is 5.78. The maximum atomic E-state index is 5.48. The molecule has 0 unspecified atom stereocenters. The summed E-state index contributed by atoms with van der Waals surface area (Å²) in [7, 11) is 0. The third-order valence-corrected chi connectivity index (χ3v) is 4.52. The lowest BCUT2D eigenvalue weighted by Gasteiger charge is -2.02. The van der Waals surface area contributed by atoms with Gasteiger partial charge in [0.15, 0.2) is 5.82 Å². The van der Waals surface area contributed by atoms with Crippen LogP contribution in [0.25, 0.3) is 34.8 Å². The van der Waals surface area contributed by atoms with Gasteiger partial charge < -0.3 is 4.42 Å². The van der Waals surface area contributed by atoms with E-state index in [9.17, 15) is 0 Å². The molecule has 5 heteroatoms. The van der Waals surface area contributed by atoms with Crippen molar-refractivity contribution < 1.29 is 8.98 Å². The van der Waals surface area contributed by atoms with Crippen molar-refractivity contribution in [3.05, 3.63) is 103 Å². The molecule has 5 rings (SSSR count). The van der Waals surface area contributed by atoms with Crippen molar-refractivity contribution in [2.75, 3.05) is 0 Å². The Kier molecular flexibility index (Phi) is 4.03. The van der Waals surface area contributed by atoms with Gasteiger partial charge in [0.25, 0.3) is 5.82 Å². The molecule has 0 aliphatic carbocycles. The minimum atomic E-state index is 0.783. The molecule has 0 bridgehead atoms. The molecule has 0 amide bonds.